The van der Waals surface area contributed by atoms with E-state index in [0.717, 1.165) is 61.4 Å². The lowest BCUT2D eigenvalue weighted by Gasteiger charge is -2.17. The van der Waals surface area contributed by atoms with E-state index in [9.17, 15) is 8.78 Å². The van der Waals surface area contributed by atoms with E-state index in [0.29, 0.717) is 34.2 Å². The van der Waals surface area contributed by atoms with Crippen LogP contribution >= 0.6 is 0 Å². The molecular formula is C51H31F2N5. The molecule has 0 bridgehead atoms. The second kappa shape index (κ2) is 13.5. The van der Waals surface area contributed by atoms with Crippen molar-refractivity contribution in [1.29, 1.82) is 0 Å². The zero-order chi connectivity index (χ0) is 38.7. The largest absolute Gasteiger partial charge is 0.309 e. The van der Waals surface area contributed by atoms with Gasteiger partial charge in [0, 0.05) is 50.0 Å². The van der Waals surface area contributed by atoms with E-state index in [1.54, 1.807) is 0 Å². The lowest BCUT2D eigenvalue weighted by Crippen LogP contribution is -2.04. The quantitative estimate of drug-likeness (QED) is 0.170. The molecule has 8 aromatic carbocycles. The molecule has 11 aromatic rings. The van der Waals surface area contributed by atoms with Gasteiger partial charge in [-0.1, -0.05) is 127 Å². The van der Waals surface area contributed by atoms with Gasteiger partial charge in [-0.15, -0.1) is 0 Å². The predicted molar refractivity (Wildman–Crippen MR) is 230 cm³/mol. The van der Waals surface area contributed by atoms with Crippen molar-refractivity contribution in [3.8, 4) is 56.7 Å². The molecule has 0 N–H and O–H groups in total. The molecule has 0 atom stereocenters. The summed E-state index contributed by atoms with van der Waals surface area (Å²) in [5, 5.41) is 4.53. The minimum absolute atomic E-state index is 0.404. The number of hydrogen-bond donors (Lipinski definition) is 0. The Morgan fingerprint density at radius 1 is 0.328 bits per heavy atom. The van der Waals surface area contributed by atoms with Crippen LogP contribution in [0.4, 0.5) is 8.78 Å². The number of benzene rings is 8. The fraction of sp³-hybridized carbons (Fsp3) is 0. The van der Waals surface area contributed by atoms with Crippen molar-refractivity contribution < 1.29 is 8.78 Å². The molecular weight excluding hydrogens is 721 g/mol. The highest BCUT2D eigenvalue weighted by Crippen LogP contribution is 2.40. The van der Waals surface area contributed by atoms with E-state index in [4.69, 9.17) is 15.0 Å². The molecule has 11 rings (SSSR count). The highest BCUT2D eigenvalue weighted by Gasteiger charge is 2.22. The summed E-state index contributed by atoms with van der Waals surface area (Å²) in [4.78, 5) is 15.2. The Balaban J connectivity index is 1.22. The summed E-state index contributed by atoms with van der Waals surface area (Å²) in [5.41, 5.74) is 9.38. The Kier molecular flexibility index (Phi) is 7.79. The van der Waals surface area contributed by atoms with Crippen LogP contribution in [-0.2, 0) is 0 Å². The van der Waals surface area contributed by atoms with Gasteiger partial charge in [0.25, 0.3) is 0 Å². The van der Waals surface area contributed by atoms with Gasteiger partial charge in [-0.25, -0.2) is 23.7 Å². The van der Waals surface area contributed by atoms with Gasteiger partial charge in [-0.3, -0.25) is 0 Å². The second-order valence-corrected chi connectivity index (χ2v) is 14.4. The Labute approximate surface area is 331 Å². The Morgan fingerprint density at radius 3 is 1.38 bits per heavy atom. The van der Waals surface area contributed by atoms with Crippen molar-refractivity contribution in [1.82, 2.24) is 24.1 Å². The van der Waals surface area contributed by atoms with Crippen LogP contribution < -0.4 is 0 Å². The summed E-state index contributed by atoms with van der Waals surface area (Å²) >= 11 is 0. The lowest BCUT2D eigenvalue weighted by atomic mass is 10.0. The smallest absolute Gasteiger partial charge is 0.166 e. The fourth-order valence-corrected chi connectivity index (χ4v) is 8.30. The summed E-state index contributed by atoms with van der Waals surface area (Å²) in [6, 6.07) is 61.0. The van der Waals surface area contributed by atoms with Crippen LogP contribution in [0.15, 0.2) is 188 Å². The number of fused-ring (bicyclic) bond motifs is 6. The van der Waals surface area contributed by atoms with Gasteiger partial charge in [0.15, 0.2) is 17.5 Å². The Hall–Kier alpha value is -7.77. The summed E-state index contributed by atoms with van der Waals surface area (Å²) in [6.07, 6.45) is 0. The molecule has 58 heavy (non-hydrogen) atoms. The molecule has 0 spiro atoms. The first-order chi connectivity index (χ1) is 28.6. The minimum atomic E-state index is -0.654. The molecule has 274 valence electrons. The van der Waals surface area contributed by atoms with Gasteiger partial charge in [-0.2, -0.15) is 0 Å². The Morgan fingerprint density at radius 2 is 0.810 bits per heavy atom. The van der Waals surface area contributed by atoms with Crippen molar-refractivity contribution in [3.63, 3.8) is 0 Å². The molecule has 0 aliphatic heterocycles. The predicted octanol–water partition coefficient (Wildman–Crippen LogP) is 13.0. The fourth-order valence-electron chi connectivity index (χ4n) is 8.30. The van der Waals surface area contributed by atoms with Crippen LogP contribution in [0.1, 0.15) is 0 Å². The highest BCUT2D eigenvalue weighted by atomic mass is 19.1. The molecule has 0 saturated heterocycles. The average Bonchev–Trinajstić information content (AvgIpc) is 3.79. The molecule has 0 radical (unpaired) electrons. The SMILES string of the molecule is Fc1cc(F)cc(-c2ccc(-n3c4ccccc4c4ccc(-n5c6ccccc6c6ccccc65)cc43)c(-c3nc(-c4ccccc4)nc(-c4ccccc4)n3)c2)c1. The molecule has 0 fully saturated rings. The molecule has 5 nitrogen and oxygen atoms in total. The number of para-hydroxylation sites is 3. The standard InChI is InChI=1S/C51H31F2N5/c52-36-27-35(28-37(53)30-36)34-23-26-47(43(29-34)51-55-49(32-13-3-1-4-14-32)54-50(56-51)33-15-5-2-6-16-33)58-46-22-12-9-19-41(46)42-25-24-38(31-48(42)58)57-44-20-10-7-17-39(44)40-18-8-11-21-45(40)57/h1-31H. The third-order valence-electron chi connectivity index (χ3n) is 10.9. The normalized spacial score (nSPS) is 11.6. The van der Waals surface area contributed by atoms with E-state index in [-0.39, 0.29) is 0 Å². The van der Waals surface area contributed by atoms with Crippen molar-refractivity contribution >= 4 is 43.6 Å². The second-order valence-electron chi connectivity index (χ2n) is 14.4. The van der Waals surface area contributed by atoms with Gasteiger partial charge in [0.1, 0.15) is 11.6 Å². The van der Waals surface area contributed by atoms with Gasteiger partial charge in [-0.05, 0) is 65.7 Å². The topological polar surface area (TPSA) is 48.5 Å². The molecule has 0 aliphatic rings. The summed E-state index contributed by atoms with van der Waals surface area (Å²) in [5.74, 6) is 0.130. The molecule has 7 heteroatoms. The first-order valence-corrected chi connectivity index (χ1v) is 19.1. The van der Waals surface area contributed by atoms with Gasteiger partial charge in [0.2, 0.25) is 0 Å². The molecule has 0 unspecified atom stereocenters. The summed E-state index contributed by atoms with van der Waals surface area (Å²) in [7, 11) is 0. The van der Waals surface area contributed by atoms with Crippen LogP contribution in [0, 0.1) is 11.6 Å². The highest BCUT2D eigenvalue weighted by molar-refractivity contribution is 6.12. The number of halogens is 2. The number of aromatic nitrogens is 5. The molecule has 3 aromatic heterocycles. The molecule has 3 heterocycles. The van der Waals surface area contributed by atoms with Gasteiger partial charge in [0.05, 0.1) is 27.8 Å². The third kappa shape index (κ3) is 5.55. The van der Waals surface area contributed by atoms with Crippen molar-refractivity contribution in [2.75, 3.05) is 0 Å². The van der Waals surface area contributed by atoms with E-state index in [1.165, 1.54) is 22.9 Å². The van der Waals surface area contributed by atoms with Crippen LogP contribution in [0.5, 0.6) is 0 Å². The maximum absolute atomic E-state index is 14.7. The molecule has 0 amide bonds. The molecule has 0 aliphatic carbocycles. The van der Waals surface area contributed by atoms with Crippen molar-refractivity contribution in [2.45, 2.75) is 0 Å². The lowest BCUT2D eigenvalue weighted by molar-refractivity contribution is 0.584. The van der Waals surface area contributed by atoms with E-state index < -0.39 is 11.6 Å². The number of nitrogens with zero attached hydrogens (tertiary/aromatic N) is 5. The maximum atomic E-state index is 14.7. The first kappa shape index (κ1) is 33.6. The van der Waals surface area contributed by atoms with E-state index >= 15 is 0 Å². The van der Waals surface area contributed by atoms with Crippen molar-refractivity contribution in [3.05, 3.63) is 200 Å². The monoisotopic (exact) mass is 751 g/mol. The Bertz CT molecular complexity index is 3240. The average molecular weight is 752 g/mol. The molecule has 0 saturated carbocycles. The first-order valence-electron chi connectivity index (χ1n) is 19.1. The van der Waals surface area contributed by atoms with Crippen LogP contribution in [0.25, 0.3) is 100 Å². The summed E-state index contributed by atoms with van der Waals surface area (Å²) in [6.45, 7) is 0. The van der Waals surface area contributed by atoms with Crippen molar-refractivity contribution in [2.24, 2.45) is 0 Å². The van der Waals surface area contributed by atoms with Gasteiger partial charge < -0.3 is 9.13 Å². The number of hydrogen-bond acceptors (Lipinski definition) is 3. The van der Waals surface area contributed by atoms with E-state index in [1.807, 2.05) is 84.9 Å². The minimum Gasteiger partial charge on any atom is -0.309 e. The van der Waals surface area contributed by atoms with Crippen LogP contribution in [0.3, 0.4) is 0 Å². The zero-order valence-electron chi connectivity index (χ0n) is 30.9. The van der Waals surface area contributed by atoms with E-state index in [2.05, 4.69) is 94.1 Å². The summed E-state index contributed by atoms with van der Waals surface area (Å²) < 4.78 is 34.1. The van der Waals surface area contributed by atoms with Crippen LogP contribution in [0.2, 0.25) is 0 Å². The maximum Gasteiger partial charge on any atom is 0.166 e. The third-order valence-corrected chi connectivity index (χ3v) is 10.9. The van der Waals surface area contributed by atoms with Crippen LogP contribution in [-0.4, -0.2) is 24.1 Å². The zero-order valence-corrected chi connectivity index (χ0v) is 30.9. The van der Waals surface area contributed by atoms with Gasteiger partial charge >= 0.3 is 0 Å². The number of rotatable bonds is 6.